The molecule has 2 aromatic rings. The number of nitrogens with zero attached hydrogens (tertiary/aromatic N) is 2. The number of aliphatic hydroxyl groups excluding tert-OH is 1. The molecule has 0 amide bonds. The molecule has 0 aliphatic heterocycles. The standard InChI is InChI=1S/C19H27N3O2S.ClH/c1-11(23)9-12-3-8-15-16(12)17-18(21-10-22-19(17)25-15)24-14-6-4-13(20-2)5-7-14;/h10-14,20,23H,3-9H2,1-2H3;1H/t11-,12+,13?,14?;/m0./s1. The molecule has 7 heteroatoms. The van der Waals surface area contributed by atoms with Gasteiger partial charge in [-0.25, -0.2) is 9.97 Å². The molecule has 5 nitrogen and oxygen atoms in total. The molecule has 1 fully saturated rings. The van der Waals surface area contributed by atoms with Crippen LogP contribution < -0.4 is 10.1 Å². The highest BCUT2D eigenvalue weighted by Crippen LogP contribution is 2.47. The number of rotatable bonds is 5. The number of aliphatic hydroxyl groups is 1. The van der Waals surface area contributed by atoms with Gasteiger partial charge < -0.3 is 15.2 Å². The van der Waals surface area contributed by atoms with Crippen molar-refractivity contribution in [2.45, 2.75) is 76.0 Å². The zero-order valence-electron chi connectivity index (χ0n) is 15.4. The van der Waals surface area contributed by atoms with Gasteiger partial charge in [0.05, 0.1) is 11.5 Å². The predicted molar refractivity (Wildman–Crippen MR) is 108 cm³/mol. The van der Waals surface area contributed by atoms with Crippen LogP contribution in [0.25, 0.3) is 10.2 Å². The molecule has 0 radical (unpaired) electrons. The number of nitrogens with one attached hydrogen (secondary N) is 1. The van der Waals surface area contributed by atoms with Gasteiger partial charge in [0.25, 0.3) is 0 Å². The number of halogens is 1. The lowest BCUT2D eigenvalue weighted by molar-refractivity contribution is 0.137. The van der Waals surface area contributed by atoms with E-state index in [1.807, 2.05) is 14.0 Å². The molecule has 2 atom stereocenters. The second-order valence-corrected chi connectivity index (χ2v) is 8.58. The molecule has 4 rings (SSSR count). The van der Waals surface area contributed by atoms with Gasteiger partial charge in [-0.05, 0) is 70.4 Å². The minimum absolute atomic E-state index is 0. The van der Waals surface area contributed by atoms with Crippen LogP contribution >= 0.6 is 23.7 Å². The Hall–Kier alpha value is -0.950. The van der Waals surface area contributed by atoms with Gasteiger partial charge in [0.1, 0.15) is 17.3 Å². The van der Waals surface area contributed by atoms with Gasteiger partial charge in [0, 0.05) is 10.9 Å². The lowest BCUT2D eigenvalue weighted by Gasteiger charge is -2.28. The number of hydrogen-bond donors (Lipinski definition) is 2. The van der Waals surface area contributed by atoms with E-state index >= 15 is 0 Å². The Bertz CT molecular complexity index is 744. The first-order chi connectivity index (χ1) is 12.2. The van der Waals surface area contributed by atoms with E-state index in [2.05, 4.69) is 15.3 Å². The maximum absolute atomic E-state index is 9.86. The molecule has 2 heterocycles. The van der Waals surface area contributed by atoms with Crippen LogP contribution in [0.1, 0.15) is 61.8 Å². The largest absolute Gasteiger partial charge is 0.474 e. The van der Waals surface area contributed by atoms with E-state index in [0.29, 0.717) is 12.0 Å². The maximum atomic E-state index is 9.86. The summed E-state index contributed by atoms with van der Waals surface area (Å²) in [7, 11) is 2.04. The van der Waals surface area contributed by atoms with Crippen molar-refractivity contribution in [3.05, 3.63) is 16.8 Å². The van der Waals surface area contributed by atoms with E-state index in [1.54, 1.807) is 17.7 Å². The summed E-state index contributed by atoms with van der Waals surface area (Å²) in [5.41, 5.74) is 1.35. The quantitative estimate of drug-likeness (QED) is 0.802. The van der Waals surface area contributed by atoms with Crippen molar-refractivity contribution in [3.8, 4) is 5.88 Å². The van der Waals surface area contributed by atoms with Gasteiger partial charge in [-0.2, -0.15) is 0 Å². The zero-order chi connectivity index (χ0) is 17.4. The second kappa shape index (κ2) is 8.38. The van der Waals surface area contributed by atoms with Gasteiger partial charge in [0.15, 0.2) is 0 Å². The molecular weight excluding hydrogens is 370 g/mol. The number of hydrogen-bond acceptors (Lipinski definition) is 6. The first-order valence-corrected chi connectivity index (χ1v) is 10.3. The molecule has 0 spiro atoms. The van der Waals surface area contributed by atoms with Crippen LogP contribution in [-0.2, 0) is 6.42 Å². The number of aryl methyl sites for hydroxylation is 1. The number of fused-ring (bicyclic) bond motifs is 3. The summed E-state index contributed by atoms with van der Waals surface area (Å²) in [4.78, 5) is 11.4. The predicted octanol–water partition coefficient (Wildman–Crippen LogP) is 3.82. The molecule has 0 unspecified atom stereocenters. The topological polar surface area (TPSA) is 67.3 Å². The van der Waals surface area contributed by atoms with E-state index in [1.165, 1.54) is 10.4 Å². The Kier molecular flexibility index (Phi) is 6.38. The van der Waals surface area contributed by atoms with Crippen LogP contribution in [-0.4, -0.2) is 40.4 Å². The summed E-state index contributed by atoms with van der Waals surface area (Å²) < 4.78 is 6.36. The molecule has 1 saturated carbocycles. The Balaban J connectivity index is 0.00000196. The number of aromatic nitrogens is 2. The van der Waals surface area contributed by atoms with Gasteiger partial charge in [-0.1, -0.05) is 0 Å². The lowest BCUT2D eigenvalue weighted by atomic mass is 9.93. The van der Waals surface area contributed by atoms with Crippen molar-refractivity contribution in [1.82, 2.24) is 15.3 Å². The van der Waals surface area contributed by atoms with Crippen molar-refractivity contribution >= 4 is 34.0 Å². The highest BCUT2D eigenvalue weighted by molar-refractivity contribution is 7.19. The number of thiophene rings is 1. The summed E-state index contributed by atoms with van der Waals surface area (Å²) >= 11 is 1.77. The minimum Gasteiger partial charge on any atom is -0.474 e. The number of ether oxygens (including phenoxy) is 1. The molecule has 2 aliphatic rings. The molecule has 144 valence electrons. The molecule has 0 aromatic carbocycles. The molecule has 2 aliphatic carbocycles. The fourth-order valence-electron chi connectivity index (χ4n) is 4.40. The van der Waals surface area contributed by atoms with E-state index in [4.69, 9.17) is 4.74 Å². The van der Waals surface area contributed by atoms with Crippen molar-refractivity contribution in [3.63, 3.8) is 0 Å². The van der Waals surface area contributed by atoms with Crippen LogP contribution in [0.4, 0.5) is 0 Å². The Morgan fingerprint density at radius 2 is 2.04 bits per heavy atom. The van der Waals surface area contributed by atoms with Crippen molar-refractivity contribution in [2.24, 2.45) is 0 Å². The van der Waals surface area contributed by atoms with Crippen molar-refractivity contribution in [1.29, 1.82) is 0 Å². The average molecular weight is 398 g/mol. The molecule has 26 heavy (non-hydrogen) atoms. The Morgan fingerprint density at radius 1 is 1.27 bits per heavy atom. The lowest BCUT2D eigenvalue weighted by Crippen LogP contribution is -2.34. The summed E-state index contributed by atoms with van der Waals surface area (Å²) in [5, 5.41) is 14.3. The van der Waals surface area contributed by atoms with Crippen LogP contribution in [0, 0.1) is 0 Å². The van der Waals surface area contributed by atoms with E-state index in [9.17, 15) is 5.11 Å². The van der Waals surface area contributed by atoms with Crippen LogP contribution in [0.2, 0.25) is 0 Å². The normalized spacial score (nSPS) is 26.3. The monoisotopic (exact) mass is 397 g/mol. The summed E-state index contributed by atoms with van der Waals surface area (Å²) in [5.74, 6) is 1.16. The third-order valence-electron chi connectivity index (χ3n) is 5.68. The van der Waals surface area contributed by atoms with Gasteiger partial charge >= 0.3 is 0 Å². The third kappa shape index (κ3) is 3.84. The highest BCUT2D eigenvalue weighted by atomic mass is 35.5. The molecular formula is C19H28ClN3O2S. The molecule has 0 saturated heterocycles. The minimum atomic E-state index is -0.281. The Labute approximate surface area is 165 Å². The fraction of sp³-hybridized carbons (Fsp3) is 0.684. The molecule has 2 aromatic heterocycles. The summed E-state index contributed by atoms with van der Waals surface area (Å²) in [6, 6.07) is 0.617. The van der Waals surface area contributed by atoms with E-state index < -0.39 is 0 Å². The molecule has 0 bridgehead atoms. The van der Waals surface area contributed by atoms with Crippen molar-refractivity contribution in [2.75, 3.05) is 7.05 Å². The average Bonchev–Trinajstić information content (AvgIpc) is 3.15. The van der Waals surface area contributed by atoms with Gasteiger partial charge in [-0.15, -0.1) is 23.7 Å². The first-order valence-electron chi connectivity index (χ1n) is 9.44. The fourth-order valence-corrected chi connectivity index (χ4v) is 5.64. The van der Waals surface area contributed by atoms with Crippen LogP contribution in [0.3, 0.4) is 0 Å². The van der Waals surface area contributed by atoms with E-state index in [0.717, 1.165) is 61.0 Å². The second-order valence-electron chi connectivity index (χ2n) is 7.50. The Morgan fingerprint density at radius 3 is 2.73 bits per heavy atom. The smallest absolute Gasteiger partial charge is 0.225 e. The highest BCUT2D eigenvalue weighted by Gasteiger charge is 2.31. The van der Waals surface area contributed by atoms with Gasteiger partial charge in [-0.3, -0.25) is 0 Å². The third-order valence-corrected chi connectivity index (χ3v) is 6.86. The van der Waals surface area contributed by atoms with Crippen LogP contribution in [0.5, 0.6) is 5.88 Å². The van der Waals surface area contributed by atoms with Crippen molar-refractivity contribution < 1.29 is 9.84 Å². The van der Waals surface area contributed by atoms with Gasteiger partial charge in [0.2, 0.25) is 5.88 Å². The summed E-state index contributed by atoms with van der Waals surface area (Å²) in [6.45, 7) is 1.88. The maximum Gasteiger partial charge on any atom is 0.225 e. The molecule has 2 N–H and O–H groups in total. The van der Waals surface area contributed by atoms with Crippen LogP contribution in [0.15, 0.2) is 6.33 Å². The first kappa shape index (κ1) is 19.8. The van der Waals surface area contributed by atoms with E-state index in [-0.39, 0.29) is 24.6 Å². The summed E-state index contributed by atoms with van der Waals surface area (Å²) in [6.07, 6.45) is 9.05. The SMILES string of the molecule is CNC1CCC(Oc2ncnc3sc4c(c23)[C@@H](C[C@H](C)O)CC4)CC1.Cl. The zero-order valence-corrected chi connectivity index (χ0v) is 17.0.